The zero-order valence-electron chi connectivity index (χ0n) is 12.4. The van der Waals surface area contributed by atoms with Gasteiger partial charge in [0, 0.05) is 5.41 Å². The molecule has 0 atom stereocenters. The van der Waals surface area contributed by atoms with Gasteiger partial charge in [0.15, 0.2) is 0 Å². The van der Waals surface area contributed by atoms with Gasteiger partial charge >= 0.3 is 0 Å². The smallest absolute Gasteiger partial charge is 0.274 e. The van der Waals surface area contributed by atoms with E-state index in [1.165, 1.54) is 6.21 Å². The highest BCUT2D eigenvalue weighted by Crippen LogP contribution is 2.23. The third kappa shape index (κ3) is 3.91. The van der Waals surface area contributed by atoms with Gasteiger partial charge in [-0.3, -0.25) is 9.78 Å². The minimum Gasteiger partial charge on any atom is -0.507 e. The Morgan fingerprint density at radius 3 is 2.68 bits per heavy atom. The molecule has 0 saturated carbocycles. The summed E-state index contributed by atoms with van der Waals surface area (Å²) in [5.74, 6) is 0.310. The number of H-pyrrole nitrogens is 1. The lowest BCUT2D eigenvalue weighted by atomic mass is 9.93. The third-order valence-corrected chi connectivity index (χ3v) is 3.40. The molecule has 0 aliphatic carbocycles. The number of rotatable bonds is 3. The third-order valence-electron chi connectivity index (χ3n) is 2.76. The number of phenols is 1. The molecule has 2 rings (SSSR count). The molecule has 0 amide bonds. The van der Waals surface area contributed by atoms with E-state index >= 15 is 0 Å². The number of aromatic amines is 1. The van der Waals surface area contributed by atoms with E-state index in [9.17, 15) is 9.90 Å². The number of aromatic hydroxyl groups is 1. The van der Waals surface area contributed by atoms with Gasteiger partial charge in [-0.2, -0.15) is 5.10 Å². The van der Waals surface area contributed by atoms with Crippen molar-refractivity contribution in [2.45, 2.75) is 26.2 Å². The van der Waals surface area contributed by atoms with Crippen molar-refractivity contribution in [3.8, 4) is 5.75 Å². The van der Waals surface area contributed by atoms with Crippen molar-refractivity contribution in [1.82, 2.24) is 15.2 Å². The van der Waals surface area contributed by atoms with Crippen molar-refractivity contribution < 1.29 is 5.11 Å². The maximum absolute atomic E-state index is 11.9. The first-order valence-electron chi connectivity index (χ1n) is 6.52. The van der Waals surface area contributed by atoms with Crippen LogP contribution in [0.2, 0.25) is 0 Å². The van der Waals surface area contributed by atoms with Gasteiger partial charge in [-0.25, -0.2) is 5.43 Å². The second kappa shape index (κ2) is 6.27. The topological polar surface area (TPSA) is 103 Å². The lowest BCUT2D eigenvalue weighted by molar-refractivity contribution is 0.472. The van der Waals surface area contributed by atoms with Gasteiger partial charge in [-0.05, 0) is 39.7 Å². The van der Waals surface area contributed by atoms with Gasteiger partial charge < -0.3 is 5.11 Å². The molecule has 0 aliphatic heterocycles. The van der Waals surface area contributed by atoms with Crippen LogP contribution in [-0.2, 0) is 5.41 Å². The SMILES string of the molecule is CC(C)(C)c1nnc(N/N=C/c2ccc(O)c(Br)c2)[nH]c1=O. The molecule has 0 spiro atoms. The van der Waals surface area contributed by atoms with Crippen LogP contribution in [0.1, 0.15) is 32.0 Å². The number of nitrogens with zero attached hydrogens (tertiary/aromatic N) is 3. The van der Waals surface area contributed by atoms with E-state index < -0.39 is 0 Å². The van der Waals surface area contributed by atoms with E-state index in [1.54, 1.807) is 18.2 Å². The molecule has 2 aromatic rings. The molecule has 1 aromatic carbocycles. The first kappa shape index (κ1) is 16.2. The average molecular weight is 366 g/mol. The molecule has 22 heavy (non-hydrogen) atoms. The Bertz CT molecular complexity index is 765. The first-order valence-corrected chi connectivity index (χ1v) is 7.32. The number of benzene rings is 1. The standard InChI is InChI=1S/C14H16BrN5O2/c1-14(2,3)11-12(22)17-13(20-18-11)19-16-7-8-4-5-10(21)9(15)6-8/h4-7,21H,1-3H3,(H2,17,19,20,22)/b16-7+. The fourth-order valence-electron chi connectivity index (χ4n) is 1.65. The zero-order chi connectivity index (χ0) is 16.3. The van der Waals surface area contributed by atoms with E-state index in [4.69, 9.17) is 0 Å². The summed E-state index contributed by atoms with van der Waals surface area (Å²) >= 11 is 3.22. The second-order valence-corrected chi connectivity index (χ2v) is 6.54. The molecule has 0 fully saturated rings. The Hall–Kier alpha value is -2.22. The number of hydrogen-bond donors (Lipinski definition) is 3. The summed E-state index contributed by atoms with van der Waals surface area (Å²) < 4.78 is 0.569. The molecule has 7 nitrogen and oxygen atoms in total. The van der Waals surface area contributed by atoms with Crippen molar-refractivity contribution in [1.29, 1.82) is 0 Å². The number of anilines is 1. The monoisotopic (exact) mass is 365 g/mol. The normalized spacial score (nSPS) is 11.8. The van der Waals surface area contributed by atoms with Crippen LogP contribution in [0.4, 0.5) is 5.95 Å². The maximum atomic E-state index is 11.9. The van der Waals surface area contributed by atoms with Gasteiger partial charge in [0.2, 0.25) is 5.95 Å². The van der Waals surface area contributed by atoms with Crippen molar-refractivity contribution >= 4 is 28.1 Å². The van der Waals surface area contributed by atoms with Crippen LogP contribution in [0.5, 0.6) is 5.75 Å². The Morgan fingerprint density at radius 2 is 2.09 bits per heavy atom. The largest absolute Gasteiger partial charge is 0.507 e. The molecule has 1 heterocycles. The lowest BCUT2D eigenvalue weighted by Crippen LogP contribution is -2.28. The Kier molecular flexibility index (Phi) is 4.60. The summed E-state index contributed by atoms with van der Waals surface area (Å²) in [4.78, 5) is 14.5. The molecule has 0 aliphatic rings. The minimum absolute atomic E-state index is 0.151. The molecule has 0 bridgehead atoms. The Labute approximate surface area is 135 Å². The van der Waals surface area contributed by atoms with Crippen LogP contribution < -0.4 is 11.0 Å². The summed E-state index contributed by atoms with van der Waals surface area (Å²) in [5.41, 5.74) is 3.06. The summed E-state index contributed by atoms with van der Waals surface area (Å²) in [6.07, 6.45) is 1.53. The molecule has 116 valence electrons. The molecule has 0 saturated heterocycles. The Balaban J connectivity index is 2.11. The molecular formula is C14H16BrN5O2. The number of hydrazone groups is 1. The van der Waals surface area contributed by atoms with Crippen LogP contribution in [0.3, 0.4) is 0 Å². The predicted molar refractivity (Wildman–Crippen MR) is 88.4 cm³/mol. The maximum Gasteiger partial charge on any atom is 0.274 e. The van der Waals surface area contributed by atoms with Gasteiger partial charge in [-0.1, -0.05) is 20.8 Å². The van der Waals surface area contributed by atoms with Crippen LogP contribution >= 0.6 is 15.9 Å². The van der Waals surface area contributed by atoms with Gasteiger partial charge in [-0.15, -0.1) is 10.2 Å². The highest BCUT2D eigenvalue weighted by molar-refractivity contribution is 9.10. The Morgan fingerprint density at radius 1 is 1.36 bits per heavy atom. The molecule has 8 heteroatoms. The van der Waals surface area contributed by atoms with E-state index in [0.717, 1.165) is 5.56 Å². The highest BCUT2D eigenvalue weighted by Gasteiger charge is 2.20. The van der Waals surface area contributed by atoms with E-state index in [2.05, 4.69) is 41.6 Å². The summed E-state index contributed by atoms with van der Waals surface area (Å²) in [6.45, 7) is 5.67. The van der Waals surface area contributed by atoms with Crippen LogP contribution in [0.15, 0.2) is 32.6 Å². The number of nitrogens with one attached hydrogen (secondary N) is 2. The quantitative estimate of drug-likeness (QED) is 0.572. The lowest BCUT2D eigenvalue weighted by Gasteiger charge is -2.15. The van der Waals surface area contributed by atoms with Crippen LogP contribution in [-0.4, -0.2) is 26.5 Å². The molecule has 0 radical (unpaired) electrons. The van der Waals surface area contributed by atoms with Crippen LogP contribution in [0, 0.1) is 0 Å². The summed E-state index contributed by atoms with van der Waals surface area (Å²) in [6, 6.07) is 4.95. The van der Waals surface area contributed by atoms with Gasteiger partial charge in [0.1, 0.15) is 11.4 Å². The van der Waals surface area contributed by atoms with Gasteiger partial charge in [0.05, 0.1) is 10.7 Å². The van der Waals surface area contributed by atoms with E-state index in [-0.39, 0.29) is 22.7 Å². The van der Waals surface area contributed by atoms with Gasteiger partial charge in [0.25, 0.3) is 5.56 Å². The van der Waals surface area contributed by atoms with E-state index in [0.29, 0.717) is 10.2 Å². The predicted octanol–water partition coefficient (Wildman–Crippen LogP) is 2.38. The summed E-state index contributed by atoms with van der Waals surface area (Å²) in [5, 5.41) is 21.2. The number of aromatic nitrogens is 3. The first-order chi connectivity index (χ1) is 10.3. The van der Waals surface area contributed by atoms with Crippen molar-refractivity contribution in [2.24, 2.45) is 5.10 Å². The number of hydrogen-bond acceptors (Lipinski definition) is 6. The van der Waals surface area contributed by atoms with Crippen molar-refractivity contribution in [3.05, 3.63) is 44.3 Å². The number of phenolic OH excluding ortho intramolecular Hbond substituents is 1. The molecule has 3 N–H and O–H groups in total. The molecular weight excluding hydrogens is 350 g/mol. The van der Waals surface area contributed by atoms with Crippen molar-refractivity contribution in [2.75, 3.05) is 5.43 Å². The minimum atomic E-state index is -0.374. The second-order valence-electron chi connectivity index (χ2n) is 5.68. The fraction of sp³-hybridized carbons (Fsp3) is 0.286. The van der Waals surface area contributed by atoms with Crippen molar-refractivity contribution in [3.63, 3.8) is 0 Å². The zero-order valence-corrected chi connectivity index (χ0v) is 14.0. The molecule has 0 unspecified atom stereocenters. The van der Waals surface area contributed by atoms with Crippen LogP contribution in [0.25, 0.3) is 0 Å². The summed E-state index contributed by atoms with van der Waals surface area (Å²) in [7, 11) is 0. The fourth-order valence-corrected chi connectivity index (χ4v) is 2.05. The van der Waals surface area contributed by atoms with E-state index in [1.807, 2.05) is 20.8 Å². The molecule has 1 aromatic heterocycles. The highest BCUT2D eigenvalue weighted by atomic mass is 79.9. The average Bonchev–Trinajstić information content (AvgIpc) is 2.41. The number of halogens is 1.